The van der Waals surface area contributed by atoms with E-state index in [4.69, 9.17) is 4.98 Å². The Balaban J connectivity index is 1.82. The minimum Gasteiger partial charge on any atom is -0.324 e. The summed E-state index contributed by atoms with van der Waals surface area (Å²) < 4.78 is 0. The zero-order valence-electron chi connectivity index (χ0n) is 12.6. The monoisotopic (exact) mass is 283 g/mol. The van der Waals surface area contributed by atoms with Crippen LogP contribution in [0.2, 0.25) is 0 Å². The quantitative estimate of drug-likeness (QED) is 0.938. The molecule has 5 heteroatoms. The molecule has 3 rings (SSSR count). The molecule has 1 N–H and O–H groups in total. The Morgan fingerprint density at radius 1 is 1.24 bits per heavy atom. The molecule has 0 bridgehead atoms. The standard InChI is InChI=1S/C16H21N5/c1-12-9-14(20-16-17-6-4-7-18-16)10-15(19-12)13-5-3-8-21(2)11-13/h4,6-7,9-10,13H,3,5,8,11H2,1-2H3,(H,17,18,19,20). The summed E-state index contributed by atoms with van der Waals surface area (Å²) in [5.41, 5.74) is 3.20. The fourth-order valence-electron chi connectivity index (χ4n) is 2.88. The van der Waals surface area contributed by atoms with Crippen LogP contribution in [-0.4, -0.2) is 40.0 Å². The van der Waals surface area contributed by atoms with Crippen molar-refractivity contribution in [2.24, 2.45) is 0 Å². The van der Waals surface area contributed by atoms with E-state index in [1.165, 1.54) is 25.1 Å². The van der Waals surface area contributed by atoms with Gasteiger partial charge in [0.05, 0.1) is 0 Å². The van der Waals surface area contributed by atoms with E-state index in [2.05, 4.69) is 33.3 Å². The Morgan fingerprint density at radius 3 is 2.81 bits per heavy atom. The van der Waals surface area contributed by atoms with Crippen LogP contribution in [0.25, 0.3) is 0 Å². The van der Waals surface area contributed by atoms with Crippen LogP contribution < -0.4 is 5.32 Å². The number of hydrogen-bond acceptors (Lipinski definition) is 5. The maximum Gasteiger partial charge on any atom is 0.227 e. The van der Waals surface area contributed by atoms with E-state index < -0.39 is 0 Å². The van der Waals surface area contributed by atoms with Crippen molar-refractivity contribution >= 4 is 11.6 Å². The lowest BCUT2D eigenvalue weighted by atomic mass is 9.94. The molecule has 0 radical (unpaired) electrons. The molecule has 0 aliphatic carbocycles. The normalized spacial score (nSPS) is 19.4. The summed E-state index contributed by atoms with van der Waals surface area (Å²) >= 11 is 0. The summed E-state index contributed by atoms with van der Waals surface area (Å²) in [4.78, 5) is 15.5. The highest BCUT2D eigenvalue weighted by Gasteiger charge is 2.20. The molecule has 110 valence electrons. The molecule has 1 aliphatic rings. The van der Waals surface area contributed by atoms with Gasteiger partial charge in [-0.3, -0.25) is 4.98 Å². The second-order valence-electron chi connectivity index (χ2n) is 5.72. The number of piperidine rings is 1. The Hall–Kier alpha value is -2.01. The van der Waals surface area contributed by atoms with Crippen LogP contribution in [0.4, 0.5) is 11.6 Å². The van der Waals surface area contributed by atoms with Crippen molar-refractivity contribution < 1.29 is 0 Å². The van der Waals surface area contributed by atoms with Gasteiger partial charge >= 0.3 is 0 Å². The number of nitrogens with one attached hydrogen (secondary N) is 1. The van der Waals surface area contributed by atoms with Gasteiger partial charge in [0.25, 0.3) is 0 Å². The smallest absolute Gasteiger partial charge is 0.227 e. The minimum atomic E-state index is 0.515. The van der Waals surface area contributed by atoms with Gasteiger partial charge in [-0.2, -0.15) is 0 Å². The van der Waals surface area contributed by atoms with E-state index in [-0.39, 0.29) is 0 Å². The predicted octanol–water partition coefficient (Wildman–Crippen LogP) is 2.73. The maximum atomic E-state index is 4.73. The number of rotatable bonds is 3. The van der Waals surface area contributed by atoms with Crippen molar-refractivity contribution in [3.05, 3.63) is 42.0 Å². The van der Waals surface area contributed by atoms with Gasteiger partial charge in [0.2, 0.25) is 5.95 Å². The van der Waals surface area contributed by atoms with Crippen LogP contribution >= 0.6 is 0 Å². The number of likely N-dealkylation sites (tertiary alicyclic amines) is 1. The van der Waals surface area contributed by atoms with Crippen LogP contribution in [0.15, 0.2) is 30.6 Å². The van der Waals surface area contributed by atoms with E-state index in [9.17, 15) is 0 Å². The molecule has 0 saturated carbocycles. The third-order valence-corrected chi connectivity index (χ3v) is 3.84. The average Bonchev–Trinajstić information content (AvgIpc) is 2.48. The molecule has 1 unspecified atom stereocenters. The summed E-state index contributed by atoms with van der Waals surface area (Å²) in [5, 5.41) is 3.26. The number of pyridine rings is 1. The zero-order chi connectivity index (χ0) is 14.7. The average molecular weight is 283 g/mol. The van der Waals surface area contributed by atoms with Crippen LogP contribution in [0.3, 0.4) is 0 Å². The Morgan fingerprint density at radius 2 is 2.05 bits per heavy atom. The third kappa shape index (κ3) is 3.55. The van der Waals surface area contributed by atoms with Crippen molar-refractivity contribution in [3.8, 4) is 0 Å². The van der Waals surface area contributed by atoms with Crippen molar-refractivity contribution in [1.82, 2.24) is 19.9 Å². The van der Waals surface area contributed by atoms with E-state index in [0.29, 0.717) is 11.9 Å². The highest BCUT2D eigenvalue weighted by atomic mass is 15.1. The molecule has 1 saturated heterocycles. The first-order valence-corrected chi connectivity index (χ1v) is 7.42. The summed E-state index contributed by atoms with van der Waals surface area (Å²) in [5.74, 6) is 1.13. The lowest BCUT2D eigenvalue weighted by Crippen LogP contribution is -2.31. The van der Waals surface area contributed by atoms with Crippen LogP contribution in [-0.2, 0) is 0 Å². The molecule has 3 heterocycles. The summed E-state index contributed by atoms with van der Waals surface area (Å²) in [6, 6.07) is 5.98. The molecular formula is C16H21N5. The number of aryl methyl sites for hydroxylation is 1. The fraction of sp³-hybridized carbons (Fsp3) is 0.438. The van der Waals surface area contributed by atoms with Gasteiger partial charge in [-0.1, -0.05) is 0 Å². The first kappa shape index (κ1) is 13.9. The number of anilines is 2. The van der Waals surface area contributed by atoms with Crippen molar-refractivity contribution in [1.29, 1.82) is 0 Å². The Bertz CT molecular complexity index is 599. The van der Waals surface area contributed by atoms with Gasteiger partial charge in [-0.15, -0.1) is 0 Å². The molecule has 0 amide bonds. The molecular weight excluding hydrogens is 262 g/mol. The number of hydrogen-bond donors (Lipinski definition) is 1. The molecule has 1 atom stereocenters. The van der Waals surface area contributed by atoms with E-state index in [0.717, 1.165) is 17.9 Å². The first-order valence-electron chi connectivity index (χ1n) is 7.42. The lowest BCUT2D eigenvalue weighted by molar-refractivity contribution is 0.248. The van der Waals surface area contributed by atoms with Gasteiger partial charge < -0.3 is 10.2 Å². The van der Waals surface area contributed by atoms with Gasteiger partial charge in [0.15, 0.2) is 0 Å². The van der Waals surface area contributed by atoms with Gasteiger partial charge in [-0.05, 0) is 51.6 Å². The molecule has 2 aromatic heterocycles. The van der Waals surface area contributed by atoms with E-state index in [1.54, 1.807) is 12.4 Å². The summed E-state index contributed by atoms with van der Waals surface area (Å²) in [7, 11) is 2.18. The van der Waals surface area contributed by atoms with Crippen molar-refractivity contribution in [2.45, 2.75) is 25.7 Å². The van der Waals surface area contributed by atoms with E-state index >= 15 is 0 Å². The molecule has 0 aromatic carbocycles. The Labute approximate surface area is 125 Å². The summed E-state index contributed by atoms with van der Waals surface area (Å²) in [6.07, 6.45) is 5.92. The highest BCUT2D eigenvalue weighted by molar-refractivity contribution is 5.54. The second-order valence-corrected chi connectivity index (χ2v) is 5.72. The van der Waals surface area contributed by atoms with Crippen molar-refractivity contribution in [3.63, 3.8) is 0 Å². The molecule has 2 aromatic rings. The zero-order valence-corrected chi connectivity index (χ0v) is 12.6. The molecule has 21 heavy (non-hydrogen) atoms. The topological polar surface area (TPSA) is 53.9 Å². The lowest BCUT2D eigenvalue weighted by Gasteiger charge is -2.29. The van der Waals surface area contributed by atoms with Gasteiger partial charge in [0, 0.05) is 41.9 Å². The minimum absolute atomic E-state index is 0.515. The molecule has 1 aliphatic heterocycles. The summed E-state index contributed by atoms with van der Waals surface area (Å²) in [6.45, 7) is 4.30. The fourth-order valence-corrected chi connectivity index (χ4v) is 2.88. The van der Waals surface area contributed by atoms with Crippen molar-refractivity contribution in [2.75, 3.05) is 25.5 Å². The number of aromatic nitrogens is 3. The maximum absolute atomic E-state index is 4.73. The predicted molar refractivity (Wildman–Crippen MR) is 83.8 cm³/mol. The third-order valence-electron chi connectivity index (χ3n) is 3.84. The highest BCUT2D eigenvalue weighted by Crippen LogP contribution is 2.27. The largest absolute Gasteiger partial charge is 0.324 e. The van der Waals surface area contributed by atoms with Crippen LogP contribution in [0, 0.1) is 6.92 Å². The molecule has 5 nitrogen and oxygen atoms in total. The Kier molecular flexibility index (Phi) is 4.10. The van der Waals surface area contributed by atoms with Crippen LogP contribution in [0.1, 0.15) is 30.1 Å². The van der Waals surface area contributed by atoms with Gasteiger partial charge in [0.1, 0.15) is 0 Å². The van der Waals surface area contributed by atoms with Gasteiger partial charge in [-0.25, -0.2) is 9.97 Å². The molecule has 0 spiro atoms. The molecule has 1 fully saturated rings. The number of nitrogens with zero attached hydrogens (tertiary/aromatic N) is 4. The van der Waals surface area contributed by atoms with Crippen LogP contribution in [0.5, 0.6) is 0 Å². The van der Waals surface area contributed by atoms with E-state index in [1.807, 2.05) is 19.1 Å². The second kappa shape index (κ2) is 6.18. The number of likely N-dealkylation sites (N-methyl/N-ethyl adjacent to an activating group) is 1. The first-order chi connectivity index (χ1) is 10.2. The SMILES string of the molecule is Cc1cc(Nc2ncccn2)cc(C2CCCN(C)C2)n1.